The van der Waals surface area contributed by atoms with Crippen LogP contribution >= 0.6 is 33.9 Å². The van der Waals surface area contributed by atoms with Crippen LogP contribution in [0.3, 0.4) is 0 Å². The molecular weight excluding hydrogens is 297 g/mol. The molecule has 2 rings (SSSR count). The minimum Gasteiger partial charge on any atom is -0.506 e. The Balaban J connectivity index is 2.86. The summed E-state index contributed by atoms with van der Waals surface area (Å²) in [4.78, 5) is 0.632. The van der Waals surface area contributed by atoms with Crippen molar-refractivity contribution in [1.29, 1.82) is 5.26 Å². The molecule has 1 aromatic carbocycles. The van der Waals surface area contributed by atoms with Crippen molar-refractivity contribution in [2.24, 2.45) is 0 Å². The third kappa shape index (κ3) is 1.38. The Morgan fingerprint density at radius 1 is 1.46 bits per heavy atom. The highest BCUT2D eigenvalue weighted by Crippen LogP contribution is 2.34. The number of nitriles is 1. The summed E-state index contributed by atoms with van der Waals surface area (Å²) in [6.45, 7) is 0. The SMILES string of the molecule is N#Cc1cc2c(O)c(I)ccc2s1. The summed E-state index contributed by atoms with van der Waals surface area (Å²) in [7, 11) is 0. The first-order valence-electron chi connectivity index (χ1n) is 3.53. The van der Waals surface area contributed by atoms with E-state index in [4.69, 9.17) is 5.26 Å². The van der Waals surface area contributed by atoms with Crippen molar-refractivity contribution in [3.05, 3.63) is 26.6 Å². The third-order valence-electron chi connectivity index (χ3n) is 1.73. The number of hydrogen-bond acceptors (Lipinski definition) is 3. The molecule has 1 aromatic heterocycles. The Kier molecular flexibility index (Phi) is 2.14. The van der Waals surface area contributed by atoms with Crippen LogP contribution in [-0.2, 0) is 0 Å². The van der Waals surface area contributed by atoms with Gasteiger partial charge in [0.1, 0.15) is 16.7 Å². The minimum absolute atomic E-state index is 0.274. The van der Waals surface area contributed by atoms with Crippen LogP contribution in [0.5, 0.6) is 5.75 Å². The van der Waals surface area contributed by atoms with Crippen LogP contribution in [0.25, 0.3) is 10.1 Å². The highest BCUT2D eigenvalue weighted by molar-refractivity contribution is 14.1. The quantitative estimate of drug-likeness (QED) is 0.760. The van der Waals surface area contributed by atoms with Crippen molar-refractivity contribution in [3.8, 4) is 11.8 Å². The van der Waals surface area contributed by atoms with Crippen molar-refractivity contribution in [2.75, 3.05) is 0 Å². The van der Waals surface area contributed by atoms with E-state index in [1.807, 2.05) is 12.1 Å². The van der Waals surface area contributed by atoms with Crippen molar-refractivity contribution < 1.29 is 5.11 Å². The molecule has 0 bridgehead atoms. The summed E-state index contributed by atoms with van der Waals surface area (Å²) in [6.07, 6.45) is 0. The zero-order valence-electron chi connectivity index (χ0n) is 6.41. The Morgan fingerprint density at radius 2 is 2.23 bits per heavy atom. The van der Waals surface area contributed by atoms with Crippen molar-refractivity contribution in [2.45, 2.75) is 0 Å². The average Bonchev–Trinajstić information content (AvgIpc) is 2.55. The molecule has 1 heterocycles. The summed E-state index contributed by atoms with van der Waals surface area (Å²) in [5.41, 5.74) is 0. The van der Waals surface area contributed by atoms with E-state index in [0.717, 1.165) is 13.7 Å². The van der Waals surface area contributed by atoms with E-state index in [-0.39, 0.29) is 5.75 Å². The van der Waals surface area contributed by atoms with E-state index in [1.54, 1.807) is 6.07 Å². The molecular formula is C9H4INOS. The second-order valence-corrected chi connectivity index (χ2v) is 4.78. The molecule has 0 aliphatic rings. The lowest BCUT2D eigenvalue weighted by molar-refractivity contribution is 0.478. The molecule has 0 amide bonds. The summed E-state index contributed by atoms with van der Waals surface area (Å²) in [6, 6.07) is 7.55. The first-order valence-corrected chi connectivity index (χ1v) is 5.43. The number of thiophene rings is 1. The van der Waals surface area contributed by atoms with Gasteiger partial charge in [0.05, 0.1) is 3.57 Å². The van der Waals surface area contributed by atoms with Gasteiger partial charge in [-0.1, -0.05) is 0 Å². The number of hydrogen-bond donors (Lipinski definition) is 1. The molecule has 0 fully saturated rings. The molecule has 0 atom stereocenters. The smallest absolute Gasteiger partial charge is 0.137 e. The lowest BCUT2D eigenvalue weighted by Gasteiger charge is -1.96. The highest BCUT2D eigenvalue weighted by atomic mass is 127. The van der Waals surface area contributed by atoms with Gasteiger partial charge >= 0.3 is 0 Å². The van der Waals surface area contributed by atoms with Crippen LogP contribution in [0.1, 0.15) is 4.88 Å². The highest BCUT2D eigenvalue weighted by Gasteiger charge is 2.07. The van der Waals surface area contributed by atoms with Gasteiger partial charge in [-0.25, -0.2) is 0 Å². The van der Waals surface area contributed by atoms with Crippen LogP contribution in [0.4, 0.5) is 0 Å². The fourth-order valence-corrected chi connectivity index (χ4v) is 2.46. The molecule has 1 N–H and O–H groups in total. The zero-order chi connectivity index (χ0) is 9.42. The predicted molar refractivity (Wildman–Crippen MR) is 60.9 cm³/mol. The van der Waals surface area contributed by atoms with Gasteiger partial charge in [0, 0.05) is 10.1 Å². The van der Waals surface area contributed by atoms with Gasteiger partial charge in [-0.2, -0.15) is 5.26 Å². The monoisotopic (exact) mass is 301 g/mol. The van der Waals surface area contributed by atoms with Gasteiger partial charge in [-0.15, -0.1) is 11.3 Å². The van der Waals surface area contributed by atoms with Crippen LogP contribution in [0, 0.1) is 14.9 Å². The largest absolute Gasteiger partial charge is 0.506 e. The molecule has 2 aromatic rings. The number of halogens is 1. The Labute approximate surface area is 92.6 Å². The molecule has 4 heteroatoms. The Hall–Kier alpha value is -0.800. The first kappa shape index (κ1) is 8.78. The van der Waals surface area contributed by atoms with Crippen LogP contribution in [-0.4, -0.2) is 5.11 Å². The lowest BCUT2D eigenvalue weighted by atomic mass is 10.2. The fourth-order valence-electron chi connectivity index (χ4n) is 1.13. The van der Waals surface area contributed by atoms with E-state index in [9.17, 15) is 5.11 Å². The first-order chi connectivity index (χ1) is 6.22. The number of fused-ring (bicyclic) bond motifs is 1. The molecule has 2 nitrogen and oxygen atoms in total. The van der Waals surface area contributed by atoms with Crippen LogP contribution in [0.15, 0.2) is 18.2 Å². The van der Waals surface area contributed by atoms with E-state index in [0.29, 0.717) is 4.88 Å². The second-order valence-electron chi connectivity index (χ2n) is 2.53. The second kappa shape index (κ2) is 3.16. The molecule has 0 aliphatic heterocycles. The summed E-state index contributed by atoms with van der Waals surface area (Å²) >= 11 is 3.46. The van der Waals surface area contributed by atoms with Gasteiger partial charge in [0.15, 0.2) is 0 Å². The van der Waals surface area contributed by atoms with Crippen molar-refractivity contribution in [3.63, 3.8) is 0 Å². The number of rotatable bonds is 0. The lowest BCUT2D eigenvalue weighted by Crippen LogP contribution is -1.72. The van der Waals surface area contributed by atoms with E-state index in [1.165, 1.54) is 11.3 Å². The molecule has 0 aliphatic carbocycles. The maximum absolute atomic E-state index is 9.66. The molecule has 13 heavy (non-hydrogen) atoms. The Bertz CT molecular complexity index is 512. The average molecular weight is 301 g/mol. The molecule has 0 radical (unpaired) electrons. The molecule has 0 saturated heterocycles. The predicted octanol–water partition coefficient (Wildman–Crippen LogP) is 3.08. The summed E-state index contributed by atoms with van der Waals surface area (Å²) in [5.74, 6) is 0.274. The molecule has 0 unspecified atom stereocenters. The van der Waals surface area contributed by atoms with Crippen molar-refractivity contribution in [1.82, 2.24) is 0 Å². The molecule has 0 saturated carbocycles. The van der Waals surface area contributed by atoms with Crippen LogP contribution < -0.4 is 0 Å². The van der Waals surface area contributed by atoms with Gasteiger partial charge in [0.25, 0.3) is 0 Å². The summed E-state index contributed by atoms with van der Waals surface area (Å²) < 4.78 is 1.77. The van der Waals surface area contributed by atoms with Gasteiger partial charge in [-0.05, 0) is 40.8 Å². The van der Waals surface area contributed by atoms with Crippen molar-refractivity contribution >= 4 is 44.0 Å². The normalized spacial score (nSPS) is 10.2. The Morgan fingerprint density at radius 3 is 2.92 bits per heavy atom. The van der Waals surface area contributed by atoms with Crippen LogP contribution in [0.2, 0.25) is 0 Å². The number of aromatic hydroxyl groups is 1. The summed E-state index contributed by atoms with van der Waals surface area (Å²) in [5, 5.41) is 19.1. The molecule has 0 spiro atoms. The van der Waals surface area contributed by atoms with E-state index < -0.39 is 0 Å². The van der Waals surface area contributed by atoms with E-state index >= 15 is 0 Å². The van der Waals surface area contributed by atoms with Gasteiger partial charge in [-0.3, -0.25) is 0 Å². The number of nitrogens with zero attached hydrogens (tertiary/aromatic N) is 1. The zero-order valence-corrected chi connectivity index (χ0v) is 9.39. The number of benzene rings is 1. The maximum Gasteiger partial charge on any atom is 0.137 e. The fraction of sp³-hybridized carbons (Fsp3) is 0. The third-order valence-corrected chi connectivity index (χ3v) is 3.61. The minimum atomic E-state index is 0.274. The molecule has 64 valence electrons. The number of phenols is 1. The topological polar surface area (TPSA) is 44.0 Å². The number of phenolic OH excluding ortho intramolecular Hbond substituents is 1. The van der Waals surface area contributed by atoms with E-state index in [2.05, 4.69) is 28.7 Å². The maximum atomic E-state index is 9.66. The van der Waals surface area contributed by atoms with Gasteiger partial charge in [0.2, 0.25) is 0 Å². The standard InChI is InChI=1S/C9H4INOS/c10-7-1-2-8-6(9(7)12)3-5(4-11)13-8/h1-3,12H. The van der Waals surface area contributed by atoms with Gasteiger partial charge < -0.3 is 5.11 Å².